The van der Waals surface area contributed by atoms with E-state index in [0.29, 0.717) is 0 Å². The van der Waals surface area contributed by atoms with Gasteiger partial charge in [-0.15, -0.1) is 0 Å². The molecule has 0 unspecified atom stereocenters. The van der Waals surface area contributed by atoms with Gasteiger partial charge in [0.25, 0.3) is 0 Å². The van der Waals surface area contributed by atoms with Crippen molar-refractivity contribution in [2.24, 2.45) is 0 Å². The second-order valence-corrected chi connectivity index (χ2v) is 7.75. The van der Waals surface area contributed by atoms with E-state index in [4.69, 9.17) is 55.5 Å². The highest BCUT2D eigenvalue weighted by atomic mass is 35.5. The maximum Gasteiger partial charge on any atom is 0.332 e. The Labute approximate surface area is 97.1 Å². The van der Waals surface area contributed by atoms with E-state index < -0.39 is 16.6 Å². The van der Waals surface area contributed by atoms with Crippen LogP contribution in [0.4, 0.5) is 0 Å². The Balaban J connectivity index is 4.35. The van der Waals surface area contributed by atoms with Crippen LogP contribution in [0.5, 0.6) is 0 Å². The van der Waals surface area contributed by atoms with Crippen LogP contribution in [0.1, 0.15) is 13.8 Å². The zero-order valence-electron chi connectivity index (χ0n) is 7.18. The van der Waals surface area contributed by atoms with Gasteiger partial charge in [-0.05, 0) is 13.8 Å². The summed E-state index contributed by atoms with van der Waals surface area (Å²) in [5.41, 5.74) is 0. The van der Waals surface area contributed by atoms with Gasteiger partial charge in [0.2, 0.25) is 9.04 Å². The lowest BCUT2D eigenvalue weighted by Crippen LogP contribution is -2.16. The van der Waals surface area contributed by atoms with Crippen LogP contribution in [-0.4, -0.2) is 15.7 Å². The summed E-state index contributed by atoms with van der Waals surface area (Å²) in [6, 6.07) is 0. The minimum atomic E-state index is -3.46. The third kappa shape index (κ3) is 9.61. The first-order valence-electron chi connectivity index (χ1n) is 3.16. The number of halogens is 4. The molecule has 0 aliphatic heterocycles. The highest BCUT2D eigenvalue weighted by molar-refractivity contribution is 7.53. The molecule has 0 aliphatic carbocycles. The molecule has 0 amide bonds. The van der Waals surface area contributed by atoms with Gasteiger partial charge >= 0.3 is 7.60 Å². The van der Waals surface area contributed by atoms with Crippen molar-refractivity contribution in [2.45, 2.75) is 22.9 Å². The van der Waals surface area contributed by atoms with Crippen LogP contribution in [0.2, 0.25) is 0 Å². The Kier molecular flexibility index (Phi) is 4.89. The summed E-state index contributed by atoms with van der Waals surface area (Å²) < 4.78 is 17.6. The minimum Gasteiger partial charge on any atom is -0.271 e. The molecule has 0 fully saturated rings. The molecule has 0 radical (unpaired) electrons. The predicted octanol–water partition coefficient (Wildman–Crippen LogP) is 4.15. The largest absolute Gasteiger partial charge is 0.332 e. The smallest absolute Gasteiger partial charge is 0.271 e. The number of hydrogen-bond acceptors (Lipinski definition) is 3. The Hall–Kier alpha value is 1.31. The van der Waals surface area contributed by atoms with Crippen molar-refractivity contribution >= 4 is 54.0 Å². The van der Waals surface area contributed by atoms with Crippen LogP contribution in [0, 0.1) is 0 Å². The van der Waals surface area contributed by atoms with Gasteiger partial charge in [-0.25, -0.2) is 0 Å². The number of alkyl halides is 4. The standard InChI is InChI=1S/C5H9Cl4O3P/c1-4(6,7)11-13(3,10)12-5(2,8)9/h1-3H3. The first kappa shape index (κ1) is 14.3. The van der Waals surface area contributed by atoms with Crippen LogP contribution in [0.25, 0.3) is 0 Å². The lowest BCUT2D eigenvalue weighted by molar-refractivity contribution is 0.161. The zero-order chi connectivity index (χ0) is 10.9. The fourth-order valence-corrected chi connectivity index (χ4v) is 3.31. The molecule has 0 rings (SSSR count). The molecule has 0 spiro atoms. The van der Waals surface area contributed by atoms with Crippen LogP contribution in [0.3, 0.4) is 0 Å². The molecule has 0 aromatic rings. The van der Waals surface area contributed by atoms with E-state index >= 15 is 0 Å². The average Bonchev–Trinajstić information content (AvgIpc) is 1.43. The van der Waals surface area contributed by atoms with Gasteiger partial charge in [-0.3, -0.25) is 13.6 Å². The van der Waals surface area contributed by atoms with E-state index in [-0.39, 0.29) is 0 Å². The average molecular weight is 290 g/mol. The predicted molar refractivity (Wildman–Crippen MR) is 55.9 cm³/mol. The van der Waals surface area contributed by atoms with Gasteiger partial charge in [0, 0.05) is 6.66 Å². The highest BCUT2D eigenvalue weighted by Gasteiger charge is 2.35. The molecule has 0 N–H and O–H groups in total. The Bertz CT molecular complexity index is 199. The third-order valence-corrected chi connectivity index (χ3v) is 2.78. The SMILES string of the molecule is CC(Cl)(Cl)OP(C)(=O)OC(C)(Cl)Cl. The van der Waals surface area contributed by atoms with Gasteiger partial charge in [0.1, 0.15) is 0 Å². The first-order valence-corrected chi connectivity index (χ1v) is 6.66. The molecule has 0 saturated carbocycles. The van der Waals surface area contributed by atoms with Gasteiger partial charge in [-0.1, -0.05) is 46.4 Å². The summed E-state index contributed by atoms with van der Waals surface area (Å²) in [5.74, 6) is 0. The van der Waals surface area contributed by atoms with Gasteiger partial charge in [0.15, 0.2) is 0 Å². The molecule has 80 valence electrons. The van der Waals surface area contributed by atoms with Gasteiger partial charge in [-0.2, -0.15) is 0 Å². The first-order chi connectivity index (χ1) is 5.41. The molecule has 0 aliphatic rings. The molecule has 3 nitrogen and oxygen atoms in total. The maximum atomic E-state index is 11.5. The fraction of sp³-hybridized carbons (Fsp3) is 1.00. The molecule has 13 heavy (non-hydrogen) atoms. The summed E-state index contributed by atoms with van der Waals surface area (Å²) >= 11 is 21.8. The number of rotatable bonds is 4. The van der Waals surface area contributed by atoms with Gasteiger partial charge < -0.3 is 0 Å². The van der Waals surface area contributed by atoms with E-state index in [9.17, 15) is 4.57 Å². The van der Waals surface area contributed by atoms with Crippen molar-refractivity contribution in [3.05, 3.63) is 0 Å². The van der Waals surface area contributed by atoms with Crippen molar-refractivity contribution in [2.75, 3.05) is 6.66 Å². The minimum absolute atomic E-state index is 1.17. The van der Waals surface area contributed by atoms with Crippen molar-refractivity contribution in [3.63, 3.8) is 0 Å². The van der Waals surface area contributed by atoms with Gasteiger partial charge in [0.05, 0.1) is 0 Å². The highest BCUT2D eigenvalue weighted by Crippen LogP contribution is 2.54. The summed E-state index contributed by atoms with van der Waals surface area (Å²) in [5, 5.41) is 0. The van der Waals surface area contributed by atoms with Crippen molar-refractivity contribution in [1.82, 2.24) is 0 Å². The number of hydrogen-bond donors (Lipinski definition) is 0. The molecular weight excluding hydrogens is 281 g/mol. The molecule has 0 heterocycles. The Morgan fingerprint density at radius 3 is 1.38 bits per heavy atom. The summed E-state index contributed by atoms with van der Waals surface area (Å²) in [4.78, 5) is 0. The summed E-state index contributed by atoms with van der Waals surface area (Å²) in [6.07, 6.45) is 0. The van der Waals surface area contributed by atoms with E-state index in [1.165, 1.54) is 20.5 Å². The topological polar surface area (TPSA) is 35.5 Å². The molecule has 0 atom stereocenters. The monoisotopic (exact) mass is 288 g/mol. The van der Waals surface area contributed by atoms with E-state index in [2.05, 4.69) is 0 Å². The lowest BCUT2D eigenvalue weighted by Gasteiger charge is -2.24. The van der Waals surface area contributed by atoms with Crippen molar-refractivity contribution in [1.29, 1.82) is 0 Å². The zero-order valence-corrected chi connectivity index (χ0v) is 11.1. The van der Waals surface area contributed by atoms with E-state index in [0.717, 1.165) is 0 Å². The van der Waals surface area contributed by atoms with Crippen LogP contribution in [0.15, 0.2) is 0 Å². The van der Waals surface area contributed by atoms with Crippen LogP contribution in [-0.2, 0) is 13.6 Å². The molecule has 0 aromatic carbocycles. The van der Waals surface area contributed by atoms with Crippen molar-refractivity contribution < 1.29 is 13.6 Å². The fourth-order valence-electron chi connectivity index (χ4n) is 0.601. The Morgan fingerprint density at radius 1 is 1.00 bits per heavy atom. The third-order valence-electron chi connectivity index (χ3n) is 0.652. The second-order valence-electron chi connectivity index (χ2n) is 2.57. The molecule has 0 aromatic heterocycles. The van der Waals surface area contributed by atoms with E-state index in [1.54, 1.807) is 0 Å². The quantitative estimate of drug-likeness (QED) is 0.576. The molecular formula is C5H9Cl4O3P. The molecule has 0 bridgehead atoms. The second kappa shape index (κ2) is 4.44. The molecule has 0 saturated heterocycles. The molecule has 8 heteroatoms. The van der Waals surface area contributed by atoms with Crippen LogP contribution >= 0.6 is 54.0 Å². The Morgan fingerprint density at radius 2 is 1.23 bits per heavy atom. The normalized spacial score (nSPS) is 14.7. The lowest BCUT2D eigenvalue weighted by atomic mass is 10.9. The van der Waals surface area contributed by atoms with Crippen LogP contribution < -0.4 is 0 Å². The van der Waals surface area contributed by atoms with E-state index in [1.807, 2.05) is 0 Å². The summed E-state index contributed by atoms with van der Waals surface area (Å²) in [7, 11) is -3.46. The maximum absolute atomic E-state index is 11.5. The summed E-state index contributed by atoms with van der Waals surface area (Å²) in [6.45, 7) is 3.77. The van der Waals surface area contributed by atoms with Crippen molar-refractivity contribution in [3.8, 4) is 0 Å².